The molecule has 0 radical (unpaired) electrons. The molecular weight excluding hydrogens is 313 g/mol. The summed E-state index contributed by atoms with van der Waals surface area (Å²) in [7, 11) is 0. The first-order valence-corrected chi connectivity index (χ1v) is 6.98. The van der Waals surface area contributed by atoms with E-state index in [9.17, 15) is 4.39 Å². The van der Waals surface area contributed by atoms with Gasteiger partial charge in [0.2, 0.25) is 0 Å². The monoisotopic (exact) mass is 331 g/mol. The Morgan fingerprint density at radius 2 is 2.05 bits per heavy atom. The Kier molecular flexibility index (Phi) is 6.24. The molecule has 0 bridgehead atoms. The van der Waals surface area contributed by atoms with Crippen LogP contribution >= 0.6 is 15.9 Å². The molecule has 1 rings (SSSR count). The number of nitrogens with two attached hydrogens (primary N) is 1. The Morgan fingerprint density at radius 3 is 2.58 bits per heavy atom. The van der Waals surface area contributed by atoms with Crippen LogP contribution in [-0.4, -0.2) is 37.0 Å². The van der Waals surface area contributed by atoms with E-state index in [1.807, 2.05) is 0 Å². The second-order valence-corrected chi connectivity index (χ2v) is 4.82. The lowest BCUT2D eigenvalue weighted by Crippen LogP contribution is -2.28. The van der Waals surface area contributed by atoms with Crippen LogP contribution in [0.2, 0.25) is 0 Å². The predicted molar refractivity (Wildman–Crippen MR) is 78.4 cm³/mol. The van der Waals surface area contributed by atoms with Gasteiger partial charge in [-0.3, -0.25) is 5.41 Å². The fourth-order valence-electron chi connectivity index (χ4n) is 1.68. The van der Waals surface area contributed by atoms with Crippen molar-refractivity contribution in [3.8, 4) is 5.75 Å². The van der Waals surface area contributed by atoms with E-state index in [0.717, 1.165) is 19.6 Å². The van der Waals surface area contributed by atoms with Crippen LogP contribution < -0.4 is 10.5 Å². The minimum Gasteiger partial charge on any atom is -0.489 e. The first-order valence-electron chi connectivity index (χ1n) is 6.18. The maximum Gasteiger partial charge on any atom is 0.179 e. The molecule has 106 valence electrons. The van der Waals surface area contributed by atoms with E-state index < -0.39 is 5.82 Å². The minimum absolute atomic E-state index is 0.167. The van der Waals surface area contributed by atoms with Crippen molar-refractivity contribution in [1.29, 1.82) is 5.41 Å². The number of benzene rings is 1. The SMILES string of the molecule is CCN(CC)CCOc1ccc(C(=N)N)c(Br)c1F. The van der Waals surface area contributed by atoms with Crippen LogP contribution in [0.5, 0.6) is 5.75 Å². The molecule has 0 fully saturated rings. The third-order valence-corrected chi connectivity index (χ3v) is 3.67. The van der Waals surface area contributed by atoms with E-state index in [2.05, 4.69) is 34.7 Å². The van der Waals surface area contributed by atoms with E-state index in [4.69, 9.17) is 15.9 Å². The van der Waals surface area contributed by atoms with Crippen LogP contribution in [0.15, 0.2) is 16.6 Å². The van der Waals surface area contributed by atoms with Gasteiger partial charge in [-0.25, -0.2) is 4.39 Å². The maximum absolute atomic E-state index is 14.0. The summed E-state index contributed by atoms with van der Waals surface area (Å²) in [5.74, 6) is -0.531. The molecule has 0 amide bonds. The number of amidine groups is 1. The molecule has 0 heterocycles. The van der Waals surface area contributed by atoms with E-state index in [-0.39, 0.29) is 16.1 Å². The molecule has 3 N–H and O–H groups in total. The molecule has 0 unspecified atom stereocenters. The van der Waals surface area contributed by atoms with Crippen molar-refractivity contribution in [2.75, 3.05) is 26.2 Å². The molecule has 0 spiro atoms. The summed E-state index contributed by atoms with van der Waals surface area (Å²) in [4.78, 5) is 2.19. The number of hydrogen-bond acceptors (Lipinski definition) is 3. The zero-order valence-electron chi connectivity index (χ0n) is 11.2. The molecule has 0 aliphatic rings. The van der Waals surface area contributed by atoms with Crippen LogP contribution in [0.25, 0.3) is 0 Å². The van der Waals surface area contributed by atoms with Crippen LogP contribution in [0.3, 0.4) is 0 Å². The number of nitrogens with zero attached hydrogens (tertiary/aromatic N) is 1. The van der Waals surface area contributed by atoms with Crippen LogP contribution in [0, 0.1) is 11.2 Å². The zero-order valence-corrected chi connectivity index (χ0v) is 12.8. The molecule has 19 heavy (non-hydrogen) atoms. The fraction of sp³-hybridized carbons (Fsp3) is 0.462. The number of nitrogens with one attached hydrogen (secondary N) is 1. The third kappa shape index (κ3) is 4.18. The molecule has 0 saturated carbocycles. The average Bonchev–Trinajstić information content (AvgIpc) is 2.39. The summed E-state index contributed by atoms with van der Waals surface area (Å²) in [5, 5.41) is 7.32. The van der Waals surface area contributed by atoms with E-state index in [1.54, 1.807) is 6.07 Å². The summed E-state index contributed by atoms with van der Waals surface area (Å²) in [6.07, 6.45) is 0. The summed E-state index contributed by atoms with van der Waals surface area (Å²) >= 11 is 3.09. The first-order chi connectivity index (χ1) is 9.01. The van der Waals surface area contributed by atoms with Crippen LogP contribution in [-0.2, 0) is 0 Å². The highest BCUT2D eigenvalue weighted by atomic mass is 79.9. The standard InChI is InChI=1S/C13H19BrFN3O/c1-3-18(4-2)7-8-19-10-6-5-9(13(16)17)11(14)12(10)15/h5-6H,3-4,7-8H2,1-2H3,(H3,16,17). The molecular formula is C13H19BrFN3O. The second-order valence-electron chi connectivity index (χ2n) is 4.03. The van der Waals surface area contributed by atoms with Gasteiger partial charge in [-0.15, -0.1) is 0 Å². The smallest absolute Gasteiger partial charge is 0.179 e. The Balaban J connectivity index is 2.70. The quantitative estimate of drug-likeness (QED) is 0.596. The number of ether oxygens (including phenoxy) is 1. The predicted octanol–water partition coefficient (Wildman–Crippen LogP) is 2.59. The molecule has 0 aliphatic carbocycles. The van der Waals surface area contributed by atoms with Crippen molar-refractivity contribution < 1.29 is 9.13 Å². The molecule has 4 nitrogen and oxygen atoms in total. The van der Waals surface area contributed by atoms with Gasteiger partial charge in [0.25, 0.3) is 0 Å². The maximum atomic E-state index is 14.0. The summed E-state index contributed by atoms with van der Waals surface area (Å²) in [5.41, 5.74) is 5.68. The normalized spacial score (nSPS) is 10.8. The molecule has 0 aliphatic heterocycles. The first kappa shape index (κ1) is 15.9. The van der Waals surface area contributed by atoms with E-state index in [1.165, 1.54) is 6.07 Å². The third-order valence-electron chi connectivity index (χ3n) is 2.90. The number of hydrogen-bond donors (Lipinski definition) is 2. The Labute approximate surface area is 121 Å². The van der Waals surface area contributed by atoms with Crippen molar-refractivity contribution in [3.63, 3.8) is 0 Å². The largest absolute Gasteiger partial charge is 0.489 e. The van der Waals surface area contributed by atoms with Crippen molar-refractivity contribution in [3.05, 3.63) is 28.0 Å². The molecule has 1 aromatic rings. The number of likely N-dealkylation sites (N-methyl/N-ethyl adjacent to an activating group) is 1. The highest BCUT2D eigenvalue weighted by Crippen LogP contribution is 2.28. The molecule has 0 aromatic heterocycles. The van der Waals surface area contributed by atoms with Crippen molar-refractivity contribution in [2.24, 2.45) is 5.73 Å². The molecule has 1 aromatic carbocycles. The Bertz CT molecular complexity index is 450. The van der Waals surface area contributed by atoms with Crippen LogP contribution in [0.4, 0.5) is 4.39 Å². The highest BCUT2D eigenvalue weighted by molar-refractivity contribution is 9.10. The van der Waals surface area contributed by atoms with Gasteiger partial charge < -0.3 is 15.4 Å². The lowest BCUT2D eigenvalue weighted by atomic mass is 10.2. The van der Waals surface area contributed by atoms with Gasteiger partial charge in [-0.05, 0) is 41.2 Å². The van der Waals surface area contributed by atoms with Gasteiger partial charge in [-0.2, -0.15) is 0 Å². The van der Waals surface area contributed by atoms with Gasteiger partial charge in [0, 0.05) is 12.1 Å². The summed E-state index contributed by atoms with van der Waals surface area (Å²) in [6, 6.07) is 3.07. The second kappa shape index (κ2) is 7.45. The van der Waals surface area contributed by atoms with E-state index in [0.29, 0.717) is 12.2 Å². The van der Waals surface area contributed by atoms with Crippen molar-refractivity contribution in [1.82, 2.24) is 4.90 Å². The number of rotatable bonds is 7. The minimum atomic E-state index is -0.521. The van der Waals surface area contributed by atoms with Crippen molar-refractivity contribution in [2.45, 2.75) is 13.8 Å². The number of halogens is 2. The van der Waals surface area contributed by atoms with Gasteiger partial charge in [0.15, 0.2) is 11.6 Å². The lowest BCUT2D eigenvalue weighted by molar-refractivity contribution is 0.217. The van der Waals surface area contributed by atoms with Gasteiger partial charge in [-0.1, -0.05) is 13.8 Å². The topological polar surface area (TPSA) is 62.3 Å². The highest BCUT2D eigenvalue weighted by Gasteiger charge is 2.14. The van der Waals surface area contributed by atoms with Gasteiger partial charge in [0.1, 0.15) is 12.4 Å². The molecule has 0 atom stereocenters. The van der Waals surface area contributed by atoms with Gasteiger partial charge >= 0.3 is 0 Å². The van der Waals surface area contributed by atoms with Crippen LogP contribution in [0.1, 0.15) is 19.4 Å². The summed E-state index contributed by atoms with van der Waals surface area (Å²) in [6.45, 7) is 7.19. The van der Waals surface area contributed by atoms with Gasteiger partial charge in [0.05, 0.1) is 4.47 Å². The summed E-state index contributed by atoms with van der Waals surface area (Å²) < 4.78 is 19.6. The Morgan fingerprint density at radius 1 is 1.42 bits per heavy atom. The average molecular weight is 332 g/mol. The Hall–Kier alpha value is -1.14. The fourth-order valence-corrected chi connectivity index (χ4v) is 2.22. The molecule has 6 heteroatoms. The number of nitrogen functional groups attached to an aromatic ring is 1. The van der Waals surface area contributed by atoms with E-state index >= 15 is 0 Å². The van der Waals surface area contributed by atoms with Crippen molar-refractivity contribution >= 4 is 21.8 Å². The zero-order chi connectivity index (χ0) is 14.4. The molecule has 0 saturated heterocycles. The lowest BCUT2D eigenvalue weighted by Gasteiger charge is -2.18.